The highest BCUT2D eigenvalue weighted by Crippen LogP contribution is 2.22. The van der Waals surface area contributed by atoms with Gasteiger partial charge in [-0.1, -0.05) is 12.1 Å². The molecule has 1 aliphatic heterocycles. The molecule has 0 amide bonds. The molecule has 0 bridgehead atoms. The highest BCUT2D eigenvalue weighted by molar-refractivity contribution is 7.91. The number of aliphatic hydroxyl groups excluding tert-OH is 1. The highest BCUT2D eigenvalue weighted by Gasteiger charge is 2.36. The highest BCUT2D eigenvalue weighted by atomic mass is 32.2. The lowest BCUT2D eigenvalue weighted by molar-refractivity contribution is 0.190. The molecule has 17 heavy (non-hydrogen) atoms. The third-order valence-electron chi connectivity index (χ3n) is 3.06. The Morgan fingerprint density at radius 1 is 1.29 bits per heavy atom. The molecule has 2 atom stereocenters. The summed E-state index contributed by atoms with van der Waals surface area (Å²) in [5.74, 6) is -0.142. The minimum Gasteiger partial charge on any atom is -0.390 e. The maximum absolute atomic E-state index is 11.4. The number of nitrogens with one attached hydrogen (secondary N) is 1. The van der Waals surface area contributed by atoms with Crippen LogP contribution in [0.4, 0.5) is 5.69 Å². The molecule has 1 heterocycles. The van der Waals surface area contributed by atoms with Crippen LogP contribution in [0.25, 0.3) is 0 Å². The zero-order chi connectivity index (χ0) is 12.6. The van der Waals surface area contributed by atoms with Crippen molar-refractivity contribution in [2.45, 2.75) is 26.0 Å². The van der Waals surface area contributed by atoms with E-state index in [1.54, 1.807) is 0 Å². The van der Waals surface area contributed by atoms with Gasteiger partial charge in [0.25, 0.3) is 0 Å². The monoisotopic (exact) mass is 255 g/mol. The third-order valence-corrected chi connectivity index (χ3v) is 4.77. The molecule has 2 N–H and O–H groups in total. The number of hydrogen-bond acceptors (Lipinski definition) is 4. The molecule has 1 saturated heterocycles. The van der Waals surface area contributed by atoms with E-state index in [1.807, 2.05) is 32.0 Å². The second-order valence-electron chi connectivity index (χ2n) is 4.71. The first-order valence-electron chi connectivity index (χ1n) is 5.60. The first-order valence-corrected chi connectivity index (χ1v) is 7.42. The molecule has 0 spiro atoms. The Labute approximate surface area is 102 Å². The van der Waals surface area contributed by atoms with Crippen molar-refractivity contribution in [3.8, 4) is 0 Å². The molecular weight excluding hydrogens is 238 g/mol. The van der Waals surface area contributed by atoms with Crippen molar-refractivity contribution in [1.29, 1.82) is 0 Å². The van der Waals surface area contributed by atoms with Crippen molar-refractivity contribution in [2.24, 2.45) is 0 Å². The summed E-state index contributed by atoms with van der Waals surface area (Å²) in [6.07, 6.45) is -0.820. The lowest BCUT2D eigenvalue weighted by Gasteiger charge is -2.18. The van der Waals surface area contributed by atoms with Gasteiger partial charge in [-0.15, -0.1) is 0 Å². The van der Waals surface area contributed by atoms with E-state index in [1.165, 1.54) is 0 Å². The van der Waals surface area contributed by atoms with Gasteiger partial charge < -0.3 is 10.4 Å². The lowest BCUT2D eigenvalue weighted by atomic mass is 10.1. The van der Waals surface area contributed by atoms with Crippen LogP contribution in [-0.2, 0) is 9.84 Å². The van der Waals surface area contributed by atoms with E-state index < -0.39 is 22.0 Å². The fourth-order valence-corrected chi connectivity index (χ4v) is 3.80. The van der Waals surface area contributed by atoms with Gasteiger partial charge >= 0.3 is 0 Å². The van der Waals surface area contributed by atoms with E-state index in [-0.39, 0.29) is 11.5 Å². The maximum atomic E-state index is 11.4. The molecule has 1 aromatic rings. The largest absolute Gasteiger partial charge is 0.390 e. The van der Waals surface area contributed by atoms with Gasteiger partial charge in [0.05, 0.1) is 23.7 Å². The van der Waals surface area contributed by atoms with E-state index in [0.717, 1.165) is 16.8 Å². The fourth-order valence-electron chi connectivity index (χ4n) is 2.06. The van der Waals surface area contributed by atoms with Gasteiger partial charge in [-0.25, -0.2) is 8.42 Å². The van der Waals surface area contributed by atoms with Crippen LogP contribution < -0.4 is 5.32 Å². The first kappa shape index (κ1) is 12.4. The predicted molar refractivity (Wildman–Crippen MR) is 68.0 cm³/mol. The molecule has 1 fully saturated rings. The van der Waals surface area contributed by atoms with Crippen LogP contribution in [0.5, 0.6) is 0 Å². The molecule has 5 heteroatoms. The Morgan fingerprint density at radius 3 is 2.59 bits per heavy atom. The second kappa shape index (κ2) is 4.31. The zero-order valence-electron chi connectivity index (χ0n) is 9.97. The summed E-state index contributed by atoms with van der Waals surface area (Å²) >= 11 is 0. The van der Waals surface area contributed by atoms with E-state index in [2.05, 4.69) is 5.32 Å². The van der Waals surface area contributed by atoms with Crippen LogP contribution in [0.3, 0.4) is 0 Å². The van der Waals surface area contributed by atoms with Gasteiger partial charge in [-0.3, -0.25) is 0 Å². The van der Waals surface area contributed by atoms with Crippen molar-refractivity contribution in [3.05, 3.63) is 29.3 Å². The van der Waals surface area contributed by atoms with Gasteiger partial charge in [0, 0.05) is 5.69 Å². The number of sulfone groups is 1. The van der Waals surface area contributed by atoms with Crippen LogP contribution in [0.15, 0.2) is 18.2 Å². The number of benzene rings is 1. The Morgan fingerprint density at radius 2 is 2.00 bits per heavy atom. The normalized spacial score (nSPS) is 27.0. The summed E-state index contributed by atoms with van der Waals surface area (Å²) < 4.78 is 22.8. The lowest BCUT2D eigenvalue weighted by Crippen LogP contribution is -2.32. The van der Waals surface area contributed by atoms with Crippen LogP contribution in [-0.4, -0.2) is 37.2 Å². The minimum atomic E-state index is -3.10. The topological polar surface area (TPSA) is 66.4 Å². The summed E-state index contributed by atoms with van der Waals surface area (Å²) in [6.45, 7) is 3.93. The van der Waals surface area contributed by atoms with Crippen LogP contribution in [0.2, 0.25) is 0 Å². The SMILES string of the molecule is Cc1ccc(C)c(N[C@@H]2CS(=O)(=O)C[C@H]2O)c1. The number of aliphatic hydroxyl groups is 1. The summed E-state index contributed by atoms with van der Waals surface area (Å²) in [7, 11) is -3.10. The standard InChI is InChI=1S/C12H17NO3S/c1-8-3-4-9(2)10(5-8)13-11-6-17(15,16)7-12(11)14/h3-5,11-14H,6-7H2,1-2H3/t11-,12-/m1/s1. The second-order valence-corrected chi connectivity index (χ2v) is 6.87. The molecule has 0 aliphatic carbocycles. The van der Waals surface area contributed by atoms with Gasteiger partial charge in [0.1, 0.15) is 0 Å². The Bertz CT molecular complexity index is 525. The Hall–Kier alpha value is -1.07. The van der Waals surface area contributed by atoms with Crippen molar-refractivity contribution in [3.63, 3.8) is 0 Å². The molecule has 94 valence electrons. The maximum Gasteiger partial charge on any atom is 0.155 e. The fraction of sp³-hybridized carbons (Fsp3) is 0.500. The molecule has 0 unspecified atom stereocenters. The van der Waals surface area contributed by atoms with E-state index in [9.17, 15) is 13.5 Å². The zero-order valence-corrected chi connectivity index (χ0v) is 10.8. The molecule has 0 aromatic heterocycles. The van der Waals surface area contributed by atoms with Crippen molar-refractivity contribution in [1.82, 2.24) is 0 Å². The van der Waals surface area contributed by atoms with Crippen molar-refractivity contribution < 1.29 is 13.5 Å². The number of rotatable bonds is 2. The number of anilines is 1. The molecule has 2 rings (SSSR count). The molecular formula is C12H17NO3S. The number of aryl methyl sites for hydroxylation is 2. The molecule has 0 saturated carbocycles. The average Bonchev–Trinajstić information content (AvgIpc) is 2.46. The van der Waals surface area contributed by atoms with Gasteiger partial charge in [0.2, 0.25) is 0 Å². The Kier molecular flexibility index (Phi) is 3.14. The van der Waals surface area contributed by atoms with Gasteiger partial charge in [-0.2, -0.15) is 0 Å². The van der Waals surface area contributed by atoms with Gasteiger partial charge in [-0.05, 0) is 31.0 Å². The Balaban J connectivity index is 2.19. The van der Waals surface area contributed by atoms with Crippen LogP contribution in [0, 0.1) is 13.8 Å². The summed E-state index contributed by atoms with van der Waals surface area (Å²) in [5.41, 5.74) is 3.05. The van der Waals surface area contributed by atoms with Crippen LogP contribution >= 0.6 is 0 Å². The van der Waals surface area contributed by atoms with E-state index in [4.69, 9.17) is 0 Å². The van der Waals surface area contributed by atoms with Gasteiger partial charge in [0.15, 0.2) is 9.84 Å². The van der Waals surface area contributed by atoms with E-state index in [0.29, 0.717) is 0 Å². The van der Waals surface area contributed by atoms with E-state index >= 15 is 0 Å². The van der Waals surface area contributed by atoms with Crippen molar-refractivity contribution >= 4 is 15.5 Å². The van der Waals surface area contributed by atoms with Crippen LogP contribution in [0.1, 0.15) is 11.1 Å². The molecule has 1 aliphatic rings. The summed E-state index contributed by atoms with van der Waals surface area (Å²) in [4.78, 5) is 0. The first-order chi connectivity index (χ1) is 7.87. The molecule has 1 aromatic carbocycles. The third kappa shape index (κ3) is 2.79. The molecule has 0 radical (unpaired) electrons. The quantitative estimate of drug-likeness (QED) is 0.823. The number of hydrogen-bond donors (Lipinski definition) is 2. The summed E-state index contributed by atoms with van der Waals surface area (Å²) in [5, 5.41) is 12.8. The summed E-state index contributed by atoms with van der Waals surface area (Å²) in [6, 6.07) is 5.54. The predicted octanol–water partition coefficient (Wildman–Crippen LogP) is 0.873. The molecule has 4 nitrogen and oxygen atoms in total. The van der Waals surface area contributed by atoms with Crippen molar-refractivity contribution in [2.75, 3.05) is 16.8 Å². The minimum absolute atomic E-state index is 0.00154. The average molecular weight is 255 g/mol. The smallest absolute Gasteiger partial charge is 0.155 e.